The quantitative estimate of drug-likeness (QED) is 0.160. The first kappa shape index (κ1) is 29.4. The number of benzene rings is 4. The van der Waals surface area contributed by atoms with Crippen molar-refractivity contribution in [3.63, 3.8) is 0 Å². The van der Waals surface area contributed by atoms with E-state index in [1.54, 1.807) is 7.11 Å². The van der Waals surface area contributed by atoms with Gasteiger partial charge in [-0.3, -0.25) is 4.68 Å². The Morgan fingerprint density at radius 3 is 2.34 bits per heavy atom. The van der Waals surface area contributed by atoms with Crippen molar-refractivity contribution in [2.45, 2.75) is 27.7 Å². The van der Waals surface area contributed by atoms with Gasteiger partial charge in [-0.25, -0.2) is 4.98 Å². The van der Waals surface area contributed by atoms with E-state index in [0.717, 1.165) is 72.7 Å². The topological polar surface area (TPSA) is 54.1 Å². The Bertz CT molecular complexity index is 2150. The van der Waals surface area contributed by atoms with Crippen molar-refractivity contribution in [3.05, 3.63) is 126 Å². The number of hydrogen-bond donors (Lipinski definition) is 0. The van der Waals surface area contributed by atoms with Crippen LogP contribution in [0.15, 0.2) is 91.1 Å². The number of ether oxygens (including phenoxy) is 2. The third-order valence-electron chi connectivity index (χ3n) is 7.76. The minimum atomic E-state index is 0. The summed E-state index contributed by atoms with van der Waals surface area (Å²) in [4.78, 5) is 4.69. The summed E-state index contributed by atoms with van der Waals surface area (Å²) in [5.41, 5.74) is 9.18. The van der Waals surface area contributed by atoms with Crippen LogP contribution in [0.3, 0.4) is 0 Å². The Kier molecular flexibility index (Phi) is 7.87. The molecule has 0 aliphatic heterocycles. The molecule has 0 aliphatic rings. The van der Waals surface area contributed by atoms with Crippen molar-refractivity contribution in [1.82, 2.24) is 19.3 Å². The van der Waals surface area contributed by atoms with E-state index >= 15 is 0 Å². The number of aryl methyl sites for hydroxylation is 3. The van der Waals surface area contributed by atoms with Gasteiger partial charge in [0.25, 0.3) is 0 Å². The van der Waals surface area contributed by atoms with E-state index in [2.05, 4.69) is 97.1 Å². The molecule has 0 spiro atoms. The summed E-state index contributed by atoms with van der Waals surface area (Å²) in [5.74, 6) is 2.80. The van der Waals surface area contributed by atoms with Crippen molar-refractivity contribution < 1.29 is 30.5 Å². The first-order valence-corrected chi connectivity index (χ1v) is 14.2. The molecular formula is C37H30N4O2Pt. The van der Waals surface area contributed by atoms with Gasteiger partial charge in [-0.15, -0.1) is 35.7 Å². The molecule has 0 aliphatic carbocycles. The Labute approximate surface area is 271 Å². The maximum Gasteiger partial charge on any atom is 2.00 e. The van der Waals surface area contributed by atoms with Crippen LogP contribution in [0.25, 0.3) is 44.4 Å². The fraction of sp³-hybridized carbons (Fsp3) is 0.135. The summed E-state index contributed by atoms with van der Waals surface area (Å²) in [6, 6.07) is 35.6. The molecule has 4 aromatic carbocycles. The van der Waals surface area contributed by atoms with Gasteiger partial charge in [0.15, 0.2) is 0 Å². The van der Waals surface area contributed by atoms with Crippen molar-refractivity contribution in [2.24, 2.45) is 0 Å². The molecule has 3 aromatic heterocycles. The molecule has 220 valence electrons. The van der Waals surface area contributed by atoms with Crippen molar-refractivity contribution in [1.29, 1.82) is 0 Å². The average molecular weight is 758 g/mol. The van der Waals surface area contributed by atoms with Crippen LogP contribution in [0.1, 0.15) is 22.5 Å². The molecule has 0 unspecified atom stereocenters. The van der Waals surface area contributed by atoms with Crippen LogP contribution in [-0.2, 0) is 21.1 Å². The maximum atomic E-state index is 6.44. The van der Waals surface area contributed by atoms with E-state index in [1.807, 2.05) is 48.1 Å². The predicted molar refractivity (Wildman–Crippen MR) is 171 cm³/mol. The summed E-state index contributed by atoms with van der Waals surface area (Å²) in [6.07, 6.45) is 1.83. The second-order valence-electron chi connectivity index (χ2n) is 10.8. The number of hydrogen-bond acceptors (Lipinski definition) is 4. The molecule has 0 fully saturated rings. The first-order valence-electron chi connectivity index (χ1n) is 14.2. The van der Waals surface area contributed by atoms with Gasteiger partial charge in [-0.05, 0) is 73.3 Å². The van der Waals surface area contributed by atoms with Crippen molar-refractivity contribution in [3.8, 4) is 39.9 Å². The van der Waals surface area contributed by atoms with Gasteiger partial charge in [-0.1, -0.05) is 42.8 Å². The Balaban J connectivity index is 0.00000343. The maximum absolute atomic E-state index is 6.44. The molecule has 7 rings (SSSR count). The molecule has 0 radical (unpaired) electrons. The van der Waals surface area contributed by atoms with E-state index < -0.39 is 0 Å². The molecule has 3 heterocycles. The standard InChI is InChI=1S/C37H30N4O2.Pt/c1-23-15-16-38-36(19-23)40-34-14-12-29(42-5)21-33(34)32-13-11-30(22-35(32)40)43-31-18-24(2)17-28(20-31)41-26(4)37(25(3)39-41)27-9-7-6-8-10-27;/h6-19,21H,1-5H3;/q-2;+2. The zero-order valence-corrected chi connectivity index (χ0v) is 27.4. The van der Waals surface area contributed by atoms with Gasteiger partial charge in [-0.2, -0.15) is 16.7 Å². The number of fused-ring (bicyclic) bond motifs is 3. The third kappa shape index (κ3) is 5.20. The van der Waals surface area contributed by atoms with Crippen LogP contribution in [0.4, 0.5) is 0 Å². The van der Waals surface area contributed by atoms with Gasteiger partial charge in [0.05, 0.1) is 12.8 Å². The Morgan fingerprint density at radius 1 is 0.750 bits per heavy atom. The van der Waals surface area contributed by atoms with Crippen LogP contribution in [0, 0.1) is 39.8 Å². The summed E-state index contributed by atoms with van der Waals surface area (Å²) in [6.45, 7) is 8.25. The molecule has 44 heavy (non-hydrogen) atoms. The van der Waals surface area contributed by atoms with Crippen molar-refractivity contribution in [2.75, 3.05) is 7.11 Å². The van der Waals surface area contributed by atoms with Crippen LogP contribution < -0.4 is 9.47 Å². The summed E-state index contributed by atoms with van der Waals surface area (Å²) >= 11 is 0. The monoisotopic (exact) mass is 757 g/mol. The molecule has 0 N–H and O–H groups in total. The SMILES string of the molecule is COc1ccc2c(c1)c1ccc(Oc3[c-]c(-n4nc(C)c(-c5ccccc5)c4C)cc(C)c3)[c-]c1n2-c1cc(C)ccn1.[Pt+2]. The van der Waals surface area contributed by atoms with E-state index in [9.17, 15) is 0 Å². The van der Waals surface area contributed by atoms with Crippen LogP contribution in [0.5, 0.6) is 17.2 Å². The fourth-order valence-electron chi connectivity index (χ4n) is 5.82. The number of rotatable bonds is 6. The van der Waals surface area contributed by atoms with Crippen molar-refractivity contribution >= 4 is 21.8 Å². The molecule has 7 aromatic rings. The van der Waals surface area contributed by atoms with Gasteiger partial charge >= 0.3 is 21.1 Å². The Morgan fingerprint density at radius 2 is 1.57 bits per heavy atom. The average Bonchev–Trinajstić information content (AvgIpc) is 3.49. The number of nitrogens with zero attached hydrogens (tertiary/aromatic N) is 4. The van der Waals surface area contributed by atoms with Crippen LogP contribution >= 0.6 is 0 Å². The van der Waals surface area contributed by atoms with Crippen LogP contribution in [0.2, 0.25) is 0 Å². The van der Waals surface area contributed by atoms with E-state index in [4.69, 9.17) is 14.6 Å². The summed E-state index contributed by atoms with van der Waals surface area (Å²) in [7, 11) is 1.68. The van der Waals surface area contributed by atoms with Crippen LogP contribution in [-0.4, -0.2) is 26.4 Å². The minimum Gasteiger partial charge on any atom is -0.509 e. The smallest absolute Gasteiger partial charge is 0.509 e. The molecule has 0 amide bonds. The number of methoxy groups -OCH3 is 1. The largest absolute Gasteiger partial charge is 2.00 e. The second-order valence-corrected chi connectivity index (χ2v) is 10.8. The van der Waals surface area contributed by atoms with Gasteiger partial charge in [0, 0.05) is 34.5 Å². The fourth-order valence-corrected chi connectivity index (χ4v) is 5.82. The summed E-state index contributed by atoms with van der Waals surface area (Å²) in [5, 5.41) is 6.97. The number of aromatic nitrogens is 4. The molecule has 6 nitrogen and oxygen atoms in total. The van der Waals surface area contributed by atoms with E-state index in [1.165, 1.54) is 0 Å². The summed E-state index contributed by atoms with van der Waals surface area (Å²) < 4.78 is 16.0. The molecule has 0 saturated carbocycles. The molecule has 0 atom stereocenters. The molecular weight excluding hydrogens is 728 g/mol. The minimum absolute atomic E-state index is 0. The zero-order valence-electron chi connectivity index (χ0n) is 25.1. The van der Waals surface area contributed by atoms with E-state index in [-0.39, 0.29) is 21.1 Å². The zero-order chi connectivity index (χ0) is 29.7. The first-order chi connectivity index (χ1) is 20.9. The van der Waals surface area contributed by atoms with Gasteiger partial charge in [0.1, 0.15) is 11.6 Å². The van der Waals surface area contributed by atoms with Gasteiger partial charge < -0.3 is 14.0 Å². The Hall–Kier alpha value is -4.67. The second kappa shape index (κ2) is 11.8. The third-order valence-corrected chi connectivity index (χ3v) is 7.76. The number of pyridine rings is 1. The van der Waals surface area contributed by atoms with E-state index in [0.29, 0.717) is 11.5 Å². The molecule has 0 saturated heterocycles. The normalized spacial score (nSPS) is 11.1. The predicted octanol–water partition coefficient (Wildman–Crippen LogP) is 8.66. The molecule has 7 heteroatoms. The van der Waals surface area contributed by atoms with Gasteiger partial charge in [0.2, 0.25) is 0 Å². The molecule has 0 bridgehead atoms.